The van der Waals surface area contributed by atoms with Gasteiger partial charge < -0.3 is 19.4 Å². The van der Waals surface area contributed by atoms with Crippen LogP contribution in [-0.4, -0.2) is 100 Å². The second-order valence-electron chi connectivity index (χ2n) is 19.2. The molecule has 63 heavy (non-hydrogen) atoms. The number of carbonyl (C=O) groups excluding carboxylic acids is 4. The summed E-state index contributed by atoms with van der Waals surface area (Å²) in [6.45, 7) is 3.52. The molecule has 330 valence electrons. The Balaban J connectivity index is 0.714. The minimum absolute atomic E-state index is 0.0154. The van der Waals surface area contributed by atoms with Gasteiger partial charge in [-0.15, -0.1) is 0 Å². The number of para-hydroxylation sites is 1. The maximum absolute atomic E-state index is 14.1. The van der Waals surface area contributed by atoms with Crippen molar-refractivity contribution in [1.29, 1.82) is 0 Å². The molecule has 2 N–H and O–H groups in total. The number of fused-ring (bicyclic) bond motifs is 6. The number of rotatable bonds is 8. The Bertz CT molecular complexity index is 2520. The minimum Gasteiger partial charge on any atom is -0.496 e. The largest absolute Gasteiger partial charge is 0.496 e. The Labute approximate surface area is 365 Å². The molecule has 3 saturated heterocycles. The van der Waals surface area contributed by atoms with Crippen LogP contribution < -0.4 is 10.1 Å². The molecule has 4 amide bonds. The molecular formula is C49H54F2N6O6. The number of ether oxygens (including phenoxy) is 2. The highest BCUT2D eigenvalue weighted by atomic mass is 19.3. The Kier molecular flexibility index (Phi) is 9.98. The highest BCUT2D eigenvalue weighted by molar-refractivity contribution is 6.06. The van der Waals surface area contributed by atoms with Gasteiger partial charge in [0, 0.05) is 88.6 Å². The average Bonchev–Trinajstić information content (AvgIpc) is 3.75. The lowest BCUT2D eigenvalue weighted by molar-refractivity contribution is -0.139. The number of imide groups is 1. The SMILES string of the molecule is COc1cc(C2CCC(C(=O)N3CCC(C4Cc5cc6c(cc5C4)C4(CO4)N(C4CCC(=O)NC4=O)C6=O)CC3)CC2)ncc1[C@@H]1c2[nH]c3ccccc3c2CC(C)N1CC(F)F. The number of amides is 4. The number of H-pyrrole nitrogens is 1. The second kappa shape index (κ2) is 15.5. The van der Waals surface area contributed by atoms with Crippen LogP contribution in [0.25, 0.3) is 10.9 Å². The molecule has 11 rings (SSSR count). The topological polar surface area (TPSA) is 140 Å². The van der Waals surface area contributed by atoms with Gasteiger partial charge in [0.05, 0.1) is 19.7 Å². The van der Waals surface area contributed by atoms with Gasteiger partial charge in [0.2, 0.25) is 17.7 Å². The van der Waals surface area contributed by atoms with Crippen molar-refractivity contribution in [3.63, 3.8) is 0 Å². The van der Waals surface area contributed by atoms with Crippen molar-refractivity contribution in [2.24, 2.45) is 17.8 Å². The van der Waals surface area contributed by atoms with Crippen molar-refractivity contribution in [3.8, 4) is 5.75 Å². The lowest BCUT2D eigenvalue weighted by Gasteiger charge is -2.41. The quantitative estimate of drug-likeness (QED) is 0.150. The molecule has 5 aliphatic heterocycles. The molecule has 1 saturated carbocycles. The fraction of sp³-hybridized carbons (Fsp3) is 0.531. The maximum Gasteiger partial charge on any atom is 0.257 e. The van der Waals surface area contributed by atoms with Crippen molar-refractivity contribution in [3.05, 3.63) is 93.4 Å². The van der Waals surface area contributed by atoms with E-state index < -0.39 is 30.1 Å². The number of pyridine rings is 1. The monoisotopic (exact) mass is 860 g/mol. The summed E-state index contributed by atoms with van der Waals surface area (Å²) in [5, 5.41) is 3.51. The van der Waals surface area contributed by atoms with E-state index in [-0.39, 0.29) is 48.6 Å². The van der Waals surface area contributed by atoms with Gasteiger partial charge in [-0.1, -0.05) is 18.2 Å². The van der Waals surface area contributed by atoms with Gasteiger partial charge in [-0.3, -0.25) is 39.3 Å². The molecule has 0 radical (unpaired) electrons. The first-order valence-electron chi connectivity index (χ1n) is 22.9. The normalized spacial score (nSPS) is 29.6. The average molecular weight is 861 g/mol. The van der Waals surface area contributed by atoms with E-state index >= 15 is 0 Å². The second-order valence-corrected chi connectivity index (χ2v) is 19.2. The van der Waals surface area contributed by atoms with Gasteiger partial charge in [0.25, 0.3) is 12.3 Å². The van der Waals surface area contributed by atoms with Crippen LogP contribution >= 0.6 is 0 Å². The van der Waals surface area contributed by atoms with Crippen molar-refractivity contribution in [1.82, 2.24) is 30.0 Å². The zero-order valence-electron chi connectivity index (χ0n) is 35.8. The van der Waals surface area contributed by atoms with E-state index in [1.165, 1.54) is 11.1 Å². The molecule has 4 fully saturated rings. The molecule has 5 atom stereocenters. The lowest BCUT2D eigenvalue weighted by Crippen LogP contribution is -2.55. The summed E-state index contributed by atoms with van der Waals surface area (Å²) in [6.07, 6.45) is 7.52. The first-order chi connectivity index (χ1) is 30.5. The van der Waals surface area contributed by atoms with Crippen LogP contribution in [0.2, 0.25) is 0 Å². The van der Waals surface area contributed by atoms with Crippen LogP contribution in [0.3, 0.4) is 0 Å². The molecule has 4 aromatic rings. The van der Waals surface area contributed by atoms with Crippen molar-refractivity contribution in [2.45, 2.75) is 114 Å². The summed E-state index contributed by atoms with van der Waals surface area (Å²) in [4.78, 5) is 66.4. The molecule has 12 nitrogen and oxygen atoms in total. The number of alkyl halides is 2. The minimum atomic E-state index is -2.49. The summed E-state index contributed by atoms with van der Waals surface area (Å²) in [6, 6.07) is 13.0. The van der Waals surface area contributed by atoms with E-state index in [9.17, 15) is 28.0 Å². The number of piperidine rings is 2. The molecule has 1 spiro atoms. The fourth-order valence-electron chi connectivity index (χ4n) is 12.5. The first-order valence-corrected chi connectivity index (χ1v) is 22.9. The van der Waals surface area contributed by atoms with Crippen LogP contribution in [0.4, 0.5) is 8.78 Å². The van der Waals surface area contributed by atoms with E-state index in [2.05, 4.69) is 27.3 Å². The van der Waals surface area contributed by atoms with E-state index in [1.54, 1.807) is 12.0 Å². The maximum atomic E-state index is 14.1. The molecule has 2 aliphatic carbocycles. The number of nitrogens with zero attached hydrogens (tertiary/aromatic N) is 4. The first kappa shape index (κ1) is 40.6. The highest BCUT2D eigenvalue weighted by Gasteiger charge is 2.64. The molecule has 2 aromatic carbocycles. The van der Waals surface area contributed by atoms with E-state index in [0.29, 0.717) is 42.6 Å². The number of aromatic nitrogens is 2. The van der Waals surface area contributed by atoms with E-state index in [4.69, 9.17) is 14.5 Å². The number of benzene rings is 2. The van der Waals surface area contributed by atoms with Crippen LogP contribution in [0, 0.1) is 17.8 Å². The van der Waals surface area contributed by atoms with Crippen molar-refractivity contribution < 1.29 is 37.4 Å². The fourth-order valence-corrected chi connectivity index (χ4v) is 12.5. The standard InChI is InChI=1S/C49H54F2N6O6/c1-26-17-34-33-5-3-4-6-38(33)53-44(34)45(56(26)24-42(50)51)36-23-52-39(22-41(36)62-2)28-7-9-29(10-8-28)47(60)55-15-13-27(14-16-55)30-18-31-20-35-37(21-32(31)19-30)49(25-63-49)57(48(35)61)40-11-12-43(58)54-46(40)59/h3-6,20-23,26-30,40,42,45,53H,7-19,24-25H2,1-2H3,(H,54,58,59)/t26?,28?,29?,30?,40?,45-,49?/m1/s1. The molecule has 2 aromatic heterocycles. The third kappa shape index (κ3) is 6.76. The summed E-state index contributed by atoms with van der Waals surface area (Å²) in [7, 11) is 1.63. The molecule has 0 bridgehead atoms. The third-order valence-corrected chi connectivity index (χ3v) is 15.8. The Morgan fingerprint density at radius 1 is 0.968 bits per heavy atom. The highest BCUT2D eigenvalue weighted by Crippen LogP contribution is 2.53. The van der Waals surface area contributed by atoms with Gasteiger partial charge in [0.15, 0.2) is 5.72 Å². The van der Waals surface area contributed by atoms with Crippen LogP contribution in [-0.2, 0) is 44.1 Å². The molecule has 4 unspecified atom stereocenters. The van der Waals surface area contributed by atoms with Gasteiger partial charge in [-0.05, 0) is 118 Å². The molecule has 14 heteroatoms. The summed E-state index contributed by atoms with van der Waals surface area (Å²) < 4.78 is 40.1. The number of nitrogens with one attached hydrogen (secondary N) is 2. The number of likely N-dealkylation sites (tertiary alicyclic amines) is 1. The molecule has 7 heterocycles. The molecule has 7 aliphatic rings. The third-order valence-electron chi connectivity index (χ3n) is 15.8. The number of epoxide rings is 1. The van der Waals surface area contributed by atoms with Gasteiger partial charge in [0.1, 0.15) is 18.4 Å². The molecular weight excluding hydrogens is 807 g/mol. The van der Waals surface area contributed by atoms with Crippen LogP contribution in [0.5, 0.6) is 5.75 Å². The number of hydrogen-bond donors (Lipinski definition) is 2. The number of carbonyl (C=O) groups is 4. The Morgan fingerprint density at radius 3 is 2.43 bits per heavy atom. The number of aromatic amines is 1. The Morgan fingerprint density at radius 2 is 1.71 bits per heavy atom. The van der Waals surface area contributed by atoms with Crippen LogP contribution in [0.1, 0.15) is 120 Å². The summed E-state index contributed by atoms with van der Waals surface area (Å²) in [5.41, 5.74) is 7.72. The number of hydrogen-bond acceptors (Lipinski definition) is 8. The summed E-state index contributed by atoms with van der Waals surface area (Å²) in [5.74, 6) is 1.04. The van der Waals surface area contributed by atoms with E-state index in [0.717, 1.165) is 103 Å². The van der Waals surface area contributed by atoms with Crippen molar-refractivity contribution >= 4 is 34.5 Å². The van der Waals surface area contributed by atoms with Gasteiger partial charge in [-0.2, -0.15) is 0 Å². The lowest BCUT2D eigenvalue weighted by atomic mass is 9.78. The predicted octanol–water partition coefficient (Wildman–Crippen LogP) is 6.54. The van der Waals surface area contributed by atoms with Gasteiger partial charge >= 0.3 is 0 Å². The van der Waals surface area contributed by atoms with E-state index in [1.807, 2.05) is 48.4 Å². The zero-order chi connectivity index (χ0) is 43.3. The summed E-state index contributed by atoms with van der Waals surface area (Å²) >= 11 is 0. The number of halogens is 2. The number of methoxy groups -OCH3 is 1. The predicted molar refractivity (Wildman–Crippen MR) is 228 cm³/mol. The van der Waals surface area contributed by atoms with Crippen molar-refractivity contribution in [2.75, 3.05) is 33.4 Å². The van der Waals surface area contributed by atoms with Gasteiger partial charge in [-0.25, -0.2) is 8.78 Å². The van der Waals surface area contributed by atoms with Crippen LogP contribution in [0.15, 0.2) is 48.7 Å². The smallest absolute Gasteiger partial charge is 0.257 e. The Hall–Kier alpha value is -5.21. The zero-order valence-corrected chi connectivity index (χ0v) is 35.8.